The Morgan fingerprint density at radius 2 is 1.85 bits per heavy atom. The van der Waals surface area contributed by atoms with E-state index in [1.807, 2.05) is 48.3 Å². The van der Waals surface area contributed by atoms with Crippen molar-refractivity contribution in [1.29, 1.82) is 0 Å². The number of esters is 1. The van der Waals surface area contributed by atoms with Crippen molar-refractivity contribution in [2.24, 2.45) is 0 Å². The summed E-state index contributed by atoms with van der Waals surface area (Å²) < 4.78 is 4.03. The van der Waals surface area contributed by atoms with E-state index in [2.05, 4.69) is 18.2 Å². The zero-order valence-electron chi connectivity index (χ0n) is 14.8. The van der Waals surface area contributed by atoms with E-state index in [0.717, 1.165) is 33.8 Å². The number of nitrogens with zero attached hydrogens (tertiary/aromatic N) is 1. The van der Waals surface area contributed by atoms with Crippen LogP contribution in [0.1, 0.15) is 17.5 Å². The van der Waals surface area contributed by atoms with Crippen molar-refractivity contribution in [2.45, 2.75) is 28.2 Å². The third-order valence-corrected chi connectivity index (χ3v) is 6.71. The maximum Gasteiger partial charge on any atom is 0.350 e. The Hall–Kier alpha value is -1.46. The standard InChI is InChI=1S/C21H19Cl2NO2S/c1-24(13-14-7-3-2-4-8-14)19-16-11-12-27-17-10-6-5-9-15(17)18(16)26-20(25)21(19,22)23/h2-10,19H,11-13H2,1H3. The molecular weight excluding hydrogens is 401 g/mol. The Kier molecular flexibility index (Phi) is 5.26. The number of hydrogen-bond acceptors (Lipinski definition) is 4. The number of halogens is 2. The van der Waals surface area contributed by atoms with Crippen molar-refractivity contribution in [2.75, 3.05) is 12.8 Å². The molecule has 3 nitrogen and oxygen atoms in total. The van der Waals surface area contributed by atoms with Crippen molar-refractivity contribution in [3.63, 3.8) is 0 Å². The molecule has 2 heterocycles. The third kappa shape index (κ3) is 3.52. The summed E-state index contributed by atoms with van der Waals surface area (Å²) in [5.74, 6) is 0.881. The maximum absolute atomic E-state index is 12.7. The molecule has 27 heavy (non-hydrogen) atoms. The highest BCUT2D eigenvalue weighted by molar-refractivity contribution is 7.99. The Balaban J connectivity index is 1.79. The minimum absolute atomic E-state index is 0.455. The van der Waals surface area contributed by atoms with Crippen LogP contribution in [0.5, 0.6) is 0 Å². The molecule has 0 bridgehead atoms. The van der Waals surface area contributed by atoms with E-state index in [1.165, 1.54) is 0 Å². The molecule has 2 aliphatic heterocycles. The molecule has 2 aromatic rings. The first-order chi connectivity index (χ1) is 13.0. The normalized spacial score (nSPS) is 21.3. The smallest absolute Gasteiger partial charge is 0.350 e. The fourth-order valence-electron chi connectivity index (χ4n) is 3.72. The predicted octanol–water partition coefficient (Wildman–Crippen LogP) is 5.12. The number of ether oxygens (including phenoxy) is 1. The Labute approximate surface area is 173 Å². The third-order valence-electron chi connectivity index (χ3n) is 4.91. The quantitative estimate of drug-likeness (QED) is 0.509. The van der Waals surface area contributed by atoms with Crippen molar-refractivity contribution < 1.29 is 9.53 Å². The van der Waals surface area contributed by atoms with Gasteiger partial charge in [0.05, 0.1) is 6.04 Å². The van der Waals surface area contributed by atoms with Gasteiger partial charge in [-0.05, 0) is 30.7 Å². The van der Waals surface area contributed by atoms with Crippen LogP contribution in [0.2, 0.25) is 0 Å². The second-order valence-corrected chi connectivity index (χ2v) is 9.29. The van der Waals surface area contributed by atoms with Gasteiger partial charge in [0.25, 0.3) is 0 Å². The van der Waals surface area contributed by atoms with Crippen LogP contribution >= 0.6 is 35.0 Å². The number of thioether (sulfide) groups is 1. The van der Waals surface area contributed by atoms with Gasteiger partial charge < -0.3 is 4.74 Å². The zero-order valence-corrected chi connectivity index (χ0v) is 17.2. The van der Waals surface area contributed by atoms with Crippen molar-refractivity contribution in [1.82, 2.24) is 4.90 Å². The number of carbonyl (C=O) groups excluding carboxylic acids is 1. The number of rotatable bonds is 3. The van der Waals surface area contributed by atoms with Gasteiger partial charge in [-0.3, -0.25) is 4.90 Å². The first-order valence-electron chi connectivity index (χ1n) is 8.78. The fourth-order valence-corrected chi connectivity index (χ4v) is 5.42. The van der Waals surface area contributed by atoms with Crippen LogP contribution in [0.3, 0.4) is 0 Å². The summed E-state index contributed by atoms with van der Waals surface area (Å²) >= 11 is 14.9. The summed E-state index contributed by atoms with van der Waals surface area (Å²) in [6.07, 6.45) is 0.757. The molecule has 0 aromatic heterocycles. The molecule has 0 fully saturated rings. The first-order valence-corrected chi connectivity index (χ1v) is 10.5. The summed E-state index contributed by atoms with van der Waals surface area (Å²) in [6, 6.07) is 17.6. The van der Waals surface area contributed by atoms with Gasteiger partial charge in [0.15, 0.2) is 0 Å². The number of likely N-dealkylation sites (N-methyl/N-ethyl adjacent to an activating group) is 1. The molecule has 0 amide bonds. The topological polar surface area (TPSA) is 29.5 Å². The molecule has 4 rings (SSSR count). The molecule has 140 valence electrons. The molecule has 2 aromatic carbocycles. The minimum Gasteiger partial charge on any atom is -0.424 e. The van der Waals surface area contributed by atoms with E-state index in [0.29, 0.717) is 12.3 Å². The van der Waals surface area contributed by atoms with Crippen LogP contribution in [0.4, 0.5) is 0 Å². The minimum atomic E-state index is -1.65. The Bertz CT molecular complexity index is 898. The largest absolute Gasteiger partial charge is 0.424 e. The van der Waals surface area contributed by atoms with E-state index < -0.39 is 16.3 Å². The molecule has 1 atom stereocenters. The molecule has 0 spiro atoms. The first kappa shape index (κ1) is 18.9. The Morgan fingerprint density at radius 3 is 2.63 bits per heavy atom. The van der Waals surface area contributed by atoms with E-state index in [4.69, 9.17) is 27.9 Å². The summed E-state index contributed by atoms with van der Waals surface area (Å²) in [6.45, 7) is 0.631. The second-order valence-electron chi connectivity index (χ2n) is 6.76. The van der Waals surface area contributed by atoms with E-state index in [9.17, 15) is 4.79 Å². The van der Waals surface area contributed by atoms with Crippen LogP contribution in [0.15, 0.2) is 65.1 Å². The van der Waals surface area contributed by atoms with Gasteiger partial charge in [-0.2, -0.15) is 0 Å². The molecule has 0 N–H and O–H groups in total. The Morgan fingerprint density at radius 1 is 1.15 bits per heavy atom. The number of benzene rings is 2. The molecule has 0 saturated carbocycles. The lowest BCUT2D eigenvalue weighted by molar-refractivity contribution is -0.140. The molecule has 1 unspecified atom stereocenters. The number of hydrogen-bond donors (Lipinski definition) is 0. The molecular formula is C21H19Cl2NO2S. The SMILES string of the molecule is CN(Cc1ccccc1)C1C2=C(OC(=O)C1(Cl)Cl)c1ccccc1SCC2. The van der Waals surface area contributed by atoms with Gasteiger partial charge in [-0.1, -0.05) is 71.7 Å². The molecule has 0 saturated heterocycles. The molecule has 0 radical (unpaired) electrons. The summed E-state index contributed by atoms with van der Waals surface area (Å²) in [5, 5.41) is 0. The molecule has 6 heteroatoms. The van der Waals surface area contributed by atoms with Crippen molar-refractivity contribution >= 4 is 46.7 Å². The van der Waals surface area contributed by atoms with Crippen molar-refractivity contribution in [3.05, 3.63) is 71.3 Å². The van der Waals surface area contributed by atoms with E-state index in [1.54, 1.807) is 11.8 Å². The van der Waals surface area contributed by atoms with Crippen LogP contribution < -0.4 is 0 Å². The molecule has 0 aliphatic carbocycles. The lowest BCUT2D eigenvalue weighted by Crippen LogP contribution is -2.53. The van der Waals surface area contributed by atoms with Crippen LogP contribution in [0, 0.1) is 0 Å². The van der Waals surface area contributed by atoms with E-state index >= 15 is 0 Å². The summed E-state index contributed by atoms with van der Waals surface area (Å²) in [4.78, 5) is 15.9. The highest BCUT2D eigenvalue weighted by Crippen LogP contribution is 2.47. The van der Waals surface area contributed by atoms with Gasteiger partial charge in [-0.25, -0.2) is 4.79 Å². The maximum atomic E-state index is 12.7. The van der Waals surface area contributed by atoms with Crippen LogP contribution in [0.25, 0.3) is 5.76 Å². The average molecular weight is 420 g/mol. The van der Waals surface area contributed by atoms with Crippen LogP contribution in [-0.4, -0.2) is 34.0 Å². The number of alkyl halides is 2. The fraction of sp³-hybridized carbons (Fsp3) is 0.286. The van der Waals surface area contributed by atoms with Gasteiger partial charge in [0, 0.05) is 22.8 Å². The average Bonchev–Trinajstić information content (AvgIpc) is 2.82. The lowest BCUT2D eigenvalue weighted by atomic mass is 9.92. The summed E-state index contributed by atoms with van der Waals surface area (Å²) in [5.41, 5.74) is 3.05. The van der Waals surface area contributed by atoms with Crippen LogP contribution in [-0.2, 0) is 16.1 Å². The second kappa shape index (κ2) is 7.51. The molecule has 2 aliphatic rings. The summed E-state index contributed by atoms with van der Waals surface area (Å²) in [7, 11) is 1.95. The van der Waals surface area contributed by atoms with Gasteiger partial charge in [0.2, 0.25) is 4.33 Å². The van der Waals surface area contributed by atoms with Crippen molar-refractivity contribution in [3.8, 4) is 0 Å². The zero-order chi connectivity index (χ0) is 19.0. The van der Waals surface area contributed by atoms with Gasteiger partial charge in [0.1, 0.15) is 5.76 Å². The van der Waals surface area contributed by atoms with E-state index in [-0.39, 0.29) is 0 Å². The van der Waals surface area contributed by atoms with Gasteiger partial charge in [-0.15, -0.1) is 11.8 Å². The number of fused-ring (bicyclic) bond motifs is 2. The highest BCUT2D eigenvalue weighted by atomic mass is 35.5. The highest BCUT2D eigenvalue weighted by Gasteiger charge is 2.53. The number of carbonyl (C=O) groups is 1. The predicted molar refractivity (Wildman–Crippen MR) is 111 cm³/mol. The van der Waals surface area contributed by atoms with Gasteiger partial charge >= 0.3 is 5.97 Å². The lowest BCUT2D eigenvalue weighted by Gasteiger charge is -2.40. The monoisotopic (exact) mass is 419 g/mol.